The number of nitrogens with zero attached hydrogens (tertiary/aromatic N) is 2. The Labute approximate surface area is 111 Å². The van der Waals surface area contributed by atoms with Crippen LogP contribution in [0.3, 0.4) is 0 Å². The van der Waals surface area contributed by atoms with Crippen molar-refractivity contribution in [2.75, 3.05) is 18.5 Å². The number of hydrogen-bond donors (Lipinski definition) is 2. The van der Waals surface area contributed by atoms with Crippen molar-refractivity contribution in [2.45, 2.75) is 39.0 Å². The molecule has 0 aliphatic carbocycles. The van der Waals surface area contributed by atoms with Gasteiger partial charge in [0.1, 0.15) is 16.2 Å². The summed E-state index contributed by atoms with van der Waals surface area (Å²) in [4.78, 5) is 8.65. The molecule has 0 atom stereocenters. The third-order valence-electron chi connectivity index (χ3n) is 2.45. The zero-order valence-corrected chi connectivity index (χ0v) is 11.8. The van der Waals surface area contributed by atoms with E-state index in [-0.39, 0.29) is 0 Å². The molecule has 0 aromatic carbocycles. The van der Waals surface area contributed by atoms with E-state index in [0.717, 1.165) is 54.9 Å². The van der Waals surface area contributed by atoms with E-state index in [4.69, 9.17) is 5.11 Å². The summed E-state index contributed by atoms with van der Waals surface area (Å²) < 4.78 is 0.826. The average molecular weight is 302 g/mol. The third-order valence-corrected chi connectivity index (χ3v) is 2.85. The molecule has 1 rings (SSSR count). The summed E-state index contributed by atoms with van der Waals surface area (Å²) in [5, 5.41) is 11.9. The minimum absolute atomic E-state index is 0.298. The van der Waals surface area contributed by atoms with Crippen LogP contribution in [0.5, 0.6) is 0 Å². The van der Waals surface area contributed by atoms with Crippen molar-refractivity contribution in [1.82, 2.24) is 9.97 Å². The summed E-state index contributed by atoms with van der Waals surface area (Å²) in [5.41, 5.74) is 0. The van der Waals surface area contributed by atoms with Gasteiger partial charge >= 0.3 is 0 Å². The lowest BCUT2D eigenvalue weighted by atomic mass is 10.2. The smallest absolute Gasteiger partial charge is 0.131 e. The first-order valence-corrected chi connectivity index (χ1v) is 6.93. The van der Waals surface area contributed by atoms with Crippen molar-refractivity contribution < 1.29 is 5.11 Å². The molecule has 0 saturated carbocycles. The Morgan fingerprint density at radius 3 is 2.71 bits per heavy atom. The molecule has 4 nitrogen and oxygen atoms in total. The minimum Gasteiger partial charge on any atom is -0.396 e. The van der Waals surface area contributed by atoms with E-state index in [1.54, 1.807) is 0 Å². The van der Waals surface area contributed by atoms with Crippen LogP contribution in [0, 0.1) is 0 Å². The quantitative estimate of drug-likeness (QED) is 0.572. The maximum absolute atomic E-state index is 8.65. The van der Waals surface area contributed by atoms with Crippen molar-refractivity contribution in [3.63, 3.8) is 0 Å². The molecular formula is C12H20BrN3O. The van der Waals surface area contributed by atoms with Crippen LogP contribution in [0.1, 0.15) is 38.4 Å². The molecule has 2 N–H and O–H groups in total. The summed E-state index contributed by atoms with van der Waals surface area (Å²) >= 11 is 3.38. The third kappa shape index (κ3) is 5.98. The predicted molar refractivity (Wildman–Crippen MR) is 73.2 cm³/mol. The molecule has 0 bridgehead atoms. The van der Waals surface area contributed by atoms with Crippen LogP contribution in [0.15, 0.2) is 10.7 Å². The van der Waals surface area contributed by atoms with E-state index in [0.29, 0.717) is 6.61 Å². The lowest BCUT2D eigenvalue weighted by Gasteiger charge is -2.07. The van der Waals surface area contributed by atoms with Gasteiger partial charge in [-0.2, -0.15) is 0 Å². The van der Waals surface area contributed by atoms with Gasteiger partial charge in [-0.15, -0.1) is 0 Å². The maximum atomic E-state index is 8.65. The number of unbranched alkanes of at least 4 members (excludes halogenated alkanes) is 3. The highest BCUT2D eigenvalue weighted by Gasteiger charge is 2.00. The number of aliphatic hydroxyl groups is 1. The van der Waals surface area contributed by atoms with Gasteiger partial charge in [0.05, 0.1) is 0 Å². The number of aryl methyl sites for hydroxylation is 1. The second kappa shape index (κ2) is 8.42. The van der Waals surface area contributed by atoms with Gasteiger partial charge < -0.3 is 10.4 Å². The van der Waals surface area contributed by atoms with Crippen molar-refractivity contribution in [2.24, 2.45) is 0 Å². The van der Waals surface area contributed by atoms with Gasteiger partial charge in [-0.05, 0) is 28.8 Å². The number of anilines is 1. The van der Waals surface area contributed by atoms with E-state index < -0.39 is 0 Å². The van der Waals surface area contributed by atoms with Gasteiger partial charge in [0.15, 0.2) is 0 Å². The minimum atomic E-state index is 0.298. The Morgan fingerprint density at radius 1 is 1.24 bits per heavy atom. The van der Waals surface area contributed by atoms with Crippen LogP contribution < -0.4 is 5.32 Å². The summed E-state index contributed by atoms with van der Waals surface area (Å²) in [6, 6.07) is 1.90. The summed E-state index contributed by atoms with van der Waals surface area (Å²) in [5.74, 6) is 1.73. The van der Waals surface area contributed by atoms with Gasteiger partial charge in [-0.3, -0.25) is 0 Å². The molecule has 0 spiro atoms. The predicted octanol–water partition coefficient (Wildman–Crippen LogP) is 2.77. The lowest BCUT2D eigenvalue weighted by Crippen LogP contribution is -2.06. The fourth-order valence-corrected chi connectivity index (χ4v) is 1.94. The lowest BCUT2D eigenvalue weighted by molar-refractivity contribution is 0.283. The van der Waals surface area contributed by atoms with Crippen molar-refractivity contribution in [3.8, 4) is 0 Å². The highest BCUT2D eigenvalue weighted by Crippen LogP contribution is 2.12. The number of rotatable bonds is 8. The summed E-state index contributed by atoms with van der Waals surface area (Å²) in [7, 11) is 0. The maximum Gasteiger partial charge on any atom is 0.131 e. The monoisotopic (exact) mass is 301 g/mol. The molecule has 0 aliphatic rings. The topological polar surface area (TPSA) is 58.0 Å². The normalized spacial score (nSPS) is 10.5. The first kappa shape index (κ1) is 14.4. The Balaban J connectivity index is 2.28. The van der Waals surface area contributed by atoms with Gasteiger partial charge in [0, 0.05) is 25.6 Å². The molecule has 0 radical (unpaired) electrons. The van der Waals surface area contributed by atoms with Crippen molar-refractivity contribution in [1.29, 1.82) is 0 Å². The number of halogens is 1. The molecular weight excluding hydrogens is 282 g/mol. The highest BCUT2D eigenvalue weighted by atomic mass is 79.9. The van der Waals surface area contributed by atoms with Gasteiger partial charge in [0.2, 0.25) is 0 Å². The Bertz CT molecular complexity index is 334. The average Bonchev–Trinajstić information content (AvgIpc) is 2.33. The van der Waals surface area contributed by atoms with Crippen LogP contribution in [0.4, 0.5) is 5.82 Å². The van der Waals surface area contributed by atoms with E-state index in [9.17, 15) is 0 Å². The molecule has 96 valence electrons. The Kier molecular flexibility index (Phi) is 7.12. The van der Waals surface area contributed by atoms with Crippen LogP contribution in [-0.4, -0.2) is 28.2 Å². The molecule has 1 aromatic rings. The molecule has 1 heterocycles. The van der Waals surface area contributed by atoms with Gasteiger partial charge in [0.25, 0.3) is 0 Å². The summed E-state index contributed by atoms with van der Waals surface area (Å²) in [6.45, 7) is 3.25. The highest BCUT2D eigenvalue weighted by molar-refractivity contribution is 9.10. The van der Waals surface area contributed by atoms with E-state index >= 15 is 0 Å². The number of aromatic nitrogens is 2. The molecule has 0 saturated heterocycles. The van der Waals surface area contributed by atoms with Gasteiger partial charge in [-0.1, -0.05) is 19.8 Å². The zero-order valence-electron chi connectivity index (χ0n) is 10.2. The first-order chi connectivity index (χ1) is 8.26. The molecule has 5 heteroatoms. The second-order valence-electron chi connectivity index (χ2n) is 3.91. The summed E-state index contributed by atoms with van der Waals surface area (Å²) in [6.07, 6.45) is 5.07. The number of aliphatic hydroxyl groups excluding tert-OH is 1. The fourth-order valence-electron chi connectivity index (χ4n) is 1.52. The zero-order chi connectivity index (χ0) is 12.5. The SMILES string of the molecule is CCc1nc(Br)cc(NCCCCCCO)n1. The Morgan fingerprint density at radius 2 is 2.00 bits per heavy atom. The second-order valence-corrected chi connectivity index (χ2v) is 4.72. The van der Waals surface area contributed by atoms with E-state index in [1.807, 2.05) is 13.0 Å². The van der Waals surface area contributed by atoms with E-state index in [2.05, 4.69) is 31.2 Å². The van der Waals surface area contributed by atoms with Crippen molar-refractivity contribution >= 4 is 21.7 Å². The fraction of sp³-hybridized carbons (Fsp3) is 0.667. The molecule has 1 aromatic heterocycles. The van der Waals surface area contributed by atoms with Crippen LogP contribution in [-0.2, 0) is 6.42 Å². The molecule has 0 amide bonds. The molecule has 0 aliphatic heterocycles. The number of hydrogen-bond acceptors (Lipinski definition) is 4. The Hall–Kier alpha value is -0.680. The largest absolute Gasteiger partial charge is 0.396 e. The van der Waals surface area contributed by atoms with Crippen molar-refractivity contribution in [3.05, 3.63) is 16.5 Å². The number of nitrogens with one attached hydrogen (secondary N) is 1. The molecule has 0 fully saturated rings. The van der Waals surface area contributed by atoms with Gasteiger partial charge in [-0.25, -0.2) is 9.97 Å². The molecule has 0 unspecified atom stereocenters. The standard InChI is InChI=1S/C12H20BrN3O/c1-2-11-15-10(13)9-12(16-11)14-7-5-3-4-6-8-17/h9,17H,2-8H2,1H3,(H,14,15,16). The van der Waals surface area contributed by atoms with Crippen LogP contribution in [0.25, 0.3) is 0 Å². The van der Waals surface area contributed by atoms with Crippen LogP contribution in [0.2, 0.25) is 0 Å². The van der Waals surface area contributed by atoms with Crippen LogP contribution >= 0.6 is 15.9 Å². The first-order valence-electron chi connectivity index (χ1n) is 6.14. The van der Waals surface area contributed by atoms with E-state index in [1.165, 1.54) is 0 Å². The molecule has 17 heavy (non-hydrogen) atoms.